The monoisotopic (exact) mass is 317 g/mol. The normalized spacial score (nSPS) is 11.2. The molecule has 3 aromatic carbocycles. The fourth-order valence-corrected chi connectivity index (χ4v) is 2.77. The van der Waals surface area contributed by atoms with Crippen molar-refractivity contribution >= 4 is 35.2 Å². The van der Waals surface area contributed by atoms with E-state index in [1.807, 2.05) is 24.3 Å². The second-order valence-corrected chi connectivity index (χ2v) is 6.19. The second kappa shape index (κ2) is 6.76. The van der Waals surface area contributed by atoms with E-state index in [1.54, 1.807) is 0 Å². The van der Waals surface area contributed by atoms with Gasteiger partial charge in [-0.25, -0.2) is 0 Å². The highest BCUT2D eigenvalue weighted by Crippen LogP contribution is 2.27. The van der Waals surface area contributed by atoms with Gasteiger partial charge in [0.25, 0.3) is 0 Å². The first kappa shape index (κ1) is 15.4. The van der Waals surface area contributed by atoms with Gasteiger partial charge < -0.3 is 5.73 Å². The standard InChI is InChI=1S/C21H19NS/c1-15(23)7-9-18-10-11-19-14-17(8-12-20(19)21(18)22)13-16-5-3-2-4-6-16/h2-12,14,23H,1,13,22H2/b9-7-. The highest BCUT2D eigenvalue weighted by molar-refractivity contribution is 7.84. The van der Waals surface area contributed by atoms with Crippen LogP contribution in [0.2, 0.25) is 0 Å². The summed E-state index contributed by atoms with van der Waals surface area (Å²) in [6, 6.07) is 21.1. The molecule has 0 aromatic heterocycles. The SMILES string of the molecule is C=C(S)/C=C\c1ccc2cc(Cc3ccccc3)ccc2c1N. The van der Waals surface area contributed by atoms with Crippen LogP contribution in [-0.4, -0.2) is 0 Å². The molecule has 114 valence electrons. The van der Waals surface area contributed by atoms with Crippen molar-refractivity contribution in [1.82, 2.24) is 0 Å². The quantitative estimate of drug-likeness (QED) is 0.372. The Balaban J connectivity index is 1.95. The van der Waals surface area contributed by atoms with Crippen LogP contribution >= 0.6 is 12.6 Å². The van der Waals surface area contributed by atoms with Crippen LogP contribution in [0.25, 0.3) is 16.8 Å². The molecule has 0 bridgehead atoms. The number of nitrogen functional groups attached to an aromatic ring is 1. The highest BCUT2D eigenvalue weighted by atomic mass is 32.1. The van der Waals surface area contributed by atoms with Gasteiger partial charge in [-0.1, -0.05) is 73.3 Å². The average molecular weight is 317 g/mol. The number of anilines is 1. The maximum absolute atomic E-state index is 6.30. The van der Waals surface area contributed by atoms with Gasteiger partial charge >= 0.3 is 0 Å². The van der Waals surface area contributed by atoms with Crippen molar-refractivity contribution in [2.45, 2.75) is 6.42 Å². The first-order valence-electron chi connectivity index (χ1n) is 7.54. The molecule has 0 saturated carbocycles. The summed E-state index contributed by atoms with van der Waals surface area (Å²) < 4.78 is 0. The fourth-order valence-electron chi connectivity index (χ4n) is 2.69. The minimum atomic E-state index is 0.711. The number of hydrogen-bond acceptors (Lipinski definition) is 2. The predicted molar refractivity (Wildman–Crippen MR) is 105 cm³/mol. The zero-order chi connectivity index (χ0) is 16.2. The van der Waals surface area contributed by atoms with E-state index in [4.69, 9.17) is 5.73 Å². The average Bonchev–Trinajstić information content (AvgIpc) is 2.55. The van der Waals surface area contributed by atoms with E-state index in [-0.39, 0.29) is 0 Å². The third-order valence-electron chi connectivity index (χ3n) is 3.87. The molecule has 2 N–H and O–H groups in total. The van der Waals surface area contributed by atoms with Crippen LogP contribution in [-0.2, 0) is 6.42 Å². The van der Waals surface area contributed by atoms with Crippen molar-refractivity contribution in [3.05, 3.63) is 94.9 Å². The van der Waals surface area contributed by atoms with Crippen LogP contribution in [0.15, 0.2) is 78.2 Å². The molecule has 0 radical (unpaired) electrons. The van der Waals surface area contributed by atoms with Crippen molar-refractivity contribution in [2.75, 3.05) is 5.73 Å². The summed E-state index contributed by atoms with van der Waals surface area (Å²) >= 11 is 4.17. The fraction of sp³-hybridized carbons (Fsp3) is 0.0476. The van der Waals surface area contributed by atoms with Gasteiger partial charge in [0.1, 0.15) is 0 Å². The van der Waals surface area contributed by atoms with E-state index in [0.717, 1.165) is 28.4 Å². The highest BCUT2D eigenvalue weighted by Gasteiger charge is 2.04. The van der Waals surface area contributed by atoms with Crippen molar-refractivity contribution in [1.29, 1.82) is 0 Å². The van der Waals surface area contributed by atoms with Gasteiger partial charge in [-0.2, -0.15) is 0 Å². The summed E-state index contributed by atoms with van der Waals surface area (Å²) in [5.41, 5.74) is 10.7. The second-order valence-electron chi connectivity index (χ2n) is 5.61. The van der Waals surface area contributed by atoms with Gasteiger partial charge in [-0.05, 0) is 39.5 Å². The van der Waals surface area contributed by atoms with E-state index < -0.39 is 0 Å². The number of hydrogen-bond donors (Lipinski definition) is 2. The van der Waals surface area contributed by atoms with Gasteiger partial charge in [0.15, 0.2) is 0 Å². The summed E-state index contributed by atoms with van der Waals surface area (Å²) in [6.07, 6.45) is 4.73. The number of benzene rings is 3. The zero-order valence-corrected chi connectivity index (χ0v) is 13.8. The lowest BCUT2D eigenvalue weighted by molar-refractivity contribution is 1.20. The van der Waals surface area contributed by atoms with Crippen molar-refractivity contribution in [3.8, 4) is 0 Å². The van der Waals surface area contributed by atoms with Crippen molar-refractivity contribution < 1.29 is 0 Å². The zero-order valence-electron chi connectivity index (χ0n) is 12.9. The molecular weight excluding hydrogens is 298 g/mol. The van der Waals surface area contributed by atoms with E-state index in [2.05, 4.69) is 67.7 Å². The van der Waals surface area contributed by atoms with Gasteiger partial charge in [-0.3, -0.25) is 0 Å². The van der Waals surface area contributed by atoms with E-state index in [1.165, 1.54) is 11.1 Å². The molecule has 0 atom stereocenters. The van der Waals surface area contributed by atoms with Gasteiger partial charge in [-0.15, -0.1) is 12.6 Å². The Morgan fingerprint density at radius 2 is 1.78 bits per heavy atom. The maximum atomic E-state index is 6.30. The van der Waals surface area contributed by atoms with Crippen LogP contribution in [0.5, 0.6) is 0 Å². The van der Waals surface area contributed by atoms with Crippen molar-refractivity contribution in [3.63, 3.8) is 0 Å². The summed E-state index contributed by atoms with van der Waals surface area (Å²) in [5.74, 6) is 0. The lowest BCUT2D eigenvalue weighted by Crippen LogP contribution is -1.93. The van der Waals surface area contributed by atoms with Gasteiger partial charge in [0, 0.05) is 11.1 Å². The number of allylic oxidation sites excluding steroid dienone is 1. The molecule has 2 heteroatoms. The predicted octanol–water partition coefficient (Wildman–Crippen LogP) is 5.47. The molecule has 3 aromatic rings. The molecule has 0 amide bonds. The summed E-state index contributed by atoms with van der Waals surface area (Å²) in [4.78, 5) is 0.711. The van der Waals surface area contributed by atoms with E-state index in [0.29, 0.717) is 4.91 Å². The molecule has 3 rings (SSSR count). The van der Waals surface area contributed by atoms with Crippen LogP contribution in [0.3, 0.4) is 0 Å². The van der Waals surface area contributed by atoms with E-state index >= 15 is 0 Å². The largest absolute Gasteiger partial charge is 0.398 e. The topological polar surface area (TPSA) is 26.0 Å². The smallest absolute Gasteiger partial charge is 0.0467 e. The minimum absolute atomic E-state index is 0.711. The number of thiol groups is 1. The molecule has 0 spiro atoms. The number of fused-ring (bicyclic) bond motifs is 1. The van der Waals surface area contributed by atoms with Crippen LogP contribution in [0.1, 0.15) is 16.7 Å². The third kappa shape index (κ3) is 3.66. The Labute approximate surface area is 142 Å². The Morgan fingerprint density at radius 3 is 2.52 bits per heavy atom. The molecule has 0 aliphatic rings. The molecule has 0 fully saturated rings. The first-order chi connectivity index (χ1) is 11.1. The molecule has 23 heavy (non-hydrogen) atoms. The first-order valence-corrected chi connectivity index (χ1v) is 7.99. The summed E-state index contributed by atoms with van der Waals surface area (Å²) in [7, 11) is 0. The molecule has 0 heterocycles. The van der Waals surface area contributed by atoms with Crippen LogP contribution in [0, 0.1) is 0 Å². The molecule has 0 aliphatic heterocycles. The van der Waals surface area contributed by atoms with Crippen molar-refractivity contribution in [2.24, 2.45) is 0 Å². The molecule has 1 nitrogen and oxygen atoms in total. The summed E-state index contributed by atoms with van der Waals surface area (Å²) in [6.45, 7) is 3.75. The minimum Gasteiger partial charge on any atom is -0.398 e. The molecule has 0 aliphatic carbocycles. The van der Waals surface area contributed by atoms with Gasteiger partial charge in [0.2, 0.25) is 0 Å². The molecule has 0 unspecified atom stereocenters. The van der Waals surface area contributed by atoms with Crippen LogP contribution in [0.4, 0.5) is 5.69 Å². The van der Waals surface area contributed by atoms with Crippen LogP contribution < -0.4 is 5.73 Å². The third-order valence-corrected chi connectivity index (χ3v) is 4.02. The lowest BCUT2D eigenvalue weighted by atomic mass is 9.98. The number of rotatable bonds is 4. The Kier molecular flexibility index (Phi) is 4.54. The maximum Gasteiger partial charge on any atom is 0.0467 e. The molecular formula is C21H19NS. The summed E-state index contributed by atoms with van der Waals surface area (Å²) in [5, 5.41) is 2.24. The number of nitrogens with two attached hydrogens (primary N) is 1. The molecule has 0 saturated heterocycles. The Morgan fingerprint density at radius 1 is 1.00 bits per heavy atom. The van der Waals surface area contributed by atoms with Gasteiger partial charge in [0.05, 0.1) is 0 Å². The lowest BCUT2D eigenvalue weighted by Gasteiger charge is -2.09. The van der Waals surface area contributed by atoms with E-state index in [9.17, 15) is 0 Å². The Hall–Kier alpha value is -2.45. The Bertz CT molecular complexity index is 879.